The number of likely N-dealkylation sites (tertiary alicyclic amines) is 1. The number of amides is 1. The Morgan fingerprint density at radius 1 is 1.00 bits per heavy atom. The Balaban J connectivity index is 1.15. The Morgan fingerprint density at radius 2 is 1.74 bits per heavy atom. The van der Waals surface area contributed by atoms with Crippen molar-refractivity contribution >= 4 is 11.6 Å². The first-order valence-corrected chi connectivity index (χ1v) is 13.9. The molecule has 0 aliphatic carbocycles. The van der Waals surface area contributed by atoms with E-state index in [4.69, 9.17) is 4.52 Å². The Labute approximate surface area is 226 Å². The maximum Gasteiger partial charge on any atom is 0.241 e. The highest BCUT2D eigenvalue weighted by Gasteiger charge is 2.32. The molecule has 2 aliphatic heterocycles. The largest absolute Gasteiger partial charge is 0.368 e. The number of rotatable bonds is 5. The molecular weight excluding hydrogens is 474 g/mol. The van der Waals surface area contributed by atoms with Gasteiger partial charge in [0.05, 0.1) is 12.5 Å². The molecule has 1 amide bonds. The van der Waals surface area contributed by atoms with Crippen molar-refractivity contribution in [3.05, 3.63) is 65.0 Å². The lowest BCUT2D eigenvalue weighted by Gasteiger charge is -2.40. The second-order valence-electron chi connectivity index (χ2n) is 11.9. The van der Waals surface area contributed by atoms with Crippen molar-refractivity contribution < 1.29 is 9.32 Å². The molecule has 1 unspecified atom stereocenters. The van der Waals surface area contributed by atoms with Crippen molar-refractivity contribution in [1.82, 2.24) is 19.9 Å². The van der Waals surface area contributed by atoms with Gasteiger partial charge in [-0.1, -0.05) is 62.3 Å². The number of piperazine rings is 1. The van der Waals surface area contributed by atoms with Crippen LogP contribution in [-0.2, 0) is 16.8 Å². The molecule has 0 spiro atoms. The smallest absolute Gasteiger partial charge is 0.241 e. The predicted molar refractivity (Wildman–Crippen MR) is 151 cm³/mol. The Hall–Kier alpha value is -3.19. The normalized spacial score (nSPS) is 19.1. The highest BCUT2D eigenvalue weighted by Crippen LogP contribution is 2.27. The third-order valence-corrected chi connectivity index (χ3v) is 8.20. The number of anilines is 1. The fourth-order valence-electron chi connectivity index (χ4n) is 5.65. The van der Waals surface area contributed by atoms with Crippen molar-refractivity contribution in [2.45, 2.75) is 59.4 Å². The van der Waals surface area contributed by atoms with Gasteiger partial charge in [-0.05, 0) is 61.4 Å². The van der Waals surface area contributed by atoms with Crippen LogP contribution in [0.15, 0.2) is 47.0 Å². The average molecular weight is 516 g/mol. The van der Waals surface area contributed by atoms with Crippen molar-refractivity contribution in [3.8, 4) is 11.4 Å². The molecule has 3 heterocycles. The molecule has 1 atom stereocenters. The molecule has 3 aromatic rings. The number of hydrogen-bond acceptors (Lipinski definition) is 6. The van der Waals surface area contributed by atoms with E-state index in [0.717, 1.165) is 57.7 Å². The molecule has 1 aromatic heterocycles. The van der Waals surface area contributed by atoms with Crippen LogP contribution in [0.25, 0.3) is 11.4 Å². The Kier molecular flexibility index (Phi) is 7.57. The second kappa shape index (κ2) is 10.9. The minimum Gasteiger partial charge on any atom is -0.368 e. The van der Waals surface area contributed by atoms with E-state index < -0.39 is 0 Å². The van der Waals surface area contributed by atoms with Crippen LogP contribution in [-0.4, -0.2) is 65.1 Å². The van der Waals surface area contributed by atoms with Crippen LogP contribution in [0.5, 0.6) is 0 Å². The number of aromatic nitrogens is 2. The summed E-state index contributed by atoms with van der Waals surface area (Å²) in [4.78, 5) is 24.9. The Bertz CT molecular complexity index is 1250. The molecule has 0 saturated carbocycles. The van der Waals surface area contributed by atoms with E-state index in [1.165, 1.54) is 22.4 Å². The van der Waals surface area contributed by atoms with Crippen LogP contribution in [0.2, 0.25) is 0 Å². The first kappa shape index (κ1) is 26.4. The molecular formula is C31H41N5O2. The molecule has 2 aliphatic rings. The zero-order valence-corrected chi connectivity index (χ0v) is 23.5. The van der Waals surface area contributed by atoms with Crippen molar-refractivity contribution in [1.29, 1.82) is 0 Å². The van der Waals surface area contributed by atoms with Gasteiger partial charge in [0, 0.05) is 44.0 Å². The number of aryl methyl sites for hydroxylation is 1. The van der Waals surface area contributed by atoms with Crippen molar-refractivity contribution in [3.63, 3.8) is 0 Å². The lowest BCUT2D eigenvalue weighted by molar-refractivity contribution is -0.137. The Morgan fingerprint density at radius 3 is 2.45 bits per heavy atom. The molecule has 0 N–H and O–H groups in total. The summed E-state index contributed by atoms with van der Waals surface area (Å²) in [6, 6.07) is 14.9. The zero-order chi connectivity index (χ0) is 26.9. The summed E-state index contributed by atoms with van der Waals surface area (Å²) in [6.07, 6.45) is 1.95. The standard InChI is InChI=1S/C31H41N5O2/c1-22-8-6-10-27(23(22)2)35-16-18-36(19-17-35)30(37)25-9-7-15-34(20-25)21-28-32-29(33-38-28)24-11-13-26(14-12-24)31(3,4)5/h6,8,10-14,25H,7,9,15-21H2,1-5H3. The van der Waals surface area contributed by atoms with Crippen LogP contribution in [0.3, 0.4) is 0 Å². The fourth-order valence-corrected chi connectivity index (χ4v) is 5.65. The van der Waals surface area contributed by atoms with Gasteiger partial charge in [-0.15, -0.1) is 0 Å². The topological polar surface area (TPSA) is 65.7 Å². The zero-order valence-electron chi connectivity index (χ0n) is 23.5. The van der Waals surface area contributed by atoms with Crippen LogP contribution in [0.4, 0.5) is 5.69 Å². The average Bonchev–Trinajstić information content (AvgIpc) is 3.38. The lowest BCUT2D eigenvalue weighted by atomic mass is 9.87. The number of hydrogen-bond donors (Lipinski definition) is 0. The predicted octanol–water partition coefficient (Wildman–Crippen LogP) is 5.21. The van der Waals surface area contributed by atoms with Gasteiger partial charge in [-0.3, -0.25) is 9.69 Å². The number of piperidine rings is 1. The number of carbonyl (C=O) groups excluding carboxylic acids is 1. The molecule has 0 bridgehead atoms. The van der Waals surface area contributed by atoms with Crippen LogP contribution in [0.1, 0.15) is 56.2 Å². The second-order valence-corrected chi connectivity index (χ2v) is 11.9. The van der Waals surface area contributed by atoms with Crippen LogP contribution < -0.4 is 4.90 Å². The third-order valence-electron chi connectivity index (χ3n) is 8.20. The van der Waals surface area contributed by atoms with Gasteiger partial charge >= 0.3 is 0 Å². The first-order valence-electron chi connectivity index (χ1n) is 13.9. The summed E-state index contributed by atoms with van der Waals surface area (Å²) in [7, 11) is 0. The van der Waals surface area contributed by atoms with Crippen molar-refractivity contribution in [2.75, 3.05) is 44.2 Å². The highest BCUT2D eigenvalue weighted by molar-refractivity contribution is 5.79. The molecule has 2 fully saturated rings. The van der Waals surface area contributed by atoms with E-state index in [9.17, 15) is 4.79 Å². The monoisotopic (exact) mass is 515 g/mol. The van der Waals surface area contributed by atoms with Gasteiger partial charge < -0.3 is 14.3 Å². The molecule has 7 heteroatoms. The number of benzene rings is 2. The fraction of sp³-hybridized carbons (Fsp3) is 0.516. The van der Waals surface area contributed by atoms with Gasteiger partial charge in [-0.2, -0.15) is 4.98 Å². The molecule has 202 valence electrons. The lowest BCUT2D eigenvalue weighted by Crippen LogP contribution is -2.52. The summed E-state index contributed by atoms with van der Waals surface area (Å²) in [5, 5.41) is 4.22. The van der Waals surface area contributed by atoms with Crippen LogP contribution in [0, 0.1) is 19.8 Å². The maximum absolute atomic E-state index is 13.4. The van der Waals surface area contributed by atoms with Crippen molar-refractivity contribution in [2.24, 2.45) is 5.92 Å². The van der Waals surface area contributed by atoms with Gasteiger partial charge in [-0.25, -0.2) is 0 Å². The number of carbonyl (C=O) groups is 1. The molecule has 2 aromatic carbocycles. The van der Waals surface area contributed by atoms with E-state index in [-0.39, 0.29) is 11.3 Å². The summed E-state index contributed by atoms with van der Waals surface area (Å²) in [5.41, 5.74) is 6.29. The van der Waals surface area contributed by atoms with E-state index in [1.54, 1.807) is 0 Å². The van der Waals surface area contributed by atoms with E-state index in [1.807, 2.05) is 0 Å². The van der Waals surface area contributed by atoms with Crippen LogP contribution >= 0.6 is 0 Å². The molecule has 38 heavy (non-hydrogen) atoms. The summed E-state index contributed by atoms with van der Waals surface area (Å²) in [5.74, 6) is 1.55. The van der Waals surface area contributed by atoms with E-state index >= 15 is 0 Å². The van der Waals surface area contributed by atoms with E-state index in [0.29, 0.717) is 24.2 Å². The van der Waals surface area contributed by atoms with E-state index in [2.05, 4.69) is 102 Å². The van der Waals surface area contributed by atoms with Gasteiger partial charge in [0.15, 0.2) is 0 Å². The van der Waals surface area contributed by atoms with Gasteiger partial charge in [0.25, 0.3) is 0 Å². The summed E-state index contributed by atoms with van der Waals surface area (Å²) < 4.78 is 5.60. The molecule has 0 radical (unpaired) electrons. The highest BCUT2D eigenvalue weighted by atomic mass is 16.5. The SMILES string of the molecule is Cc1cccc(N2CCN(C(=O)C3CCCN(Cc4nc(-c5ccc(C(C)(C)C)cc5)no4)C3)CC2)c1C. The minimum atomic E-state index is 0.0309. The maximum atomic E-state index is 13.4. The molecule has 7 nitrogen and oxygen atoms in total. The number of nitrogens with zero attached hydrogens (tertiary/aromatic N) is 5. The first-order chi connectivity index (χ1) is 18.2. The molecule has 5 rings (SSSR count). The molecule has 2 saturated heterocycles. The van der Waals surface area contributed by atoms with Gasteiger partial charge in [0.1, 0.15) is 0 Å². The quantitative estimate of drug-likeness (QED) is 0.465. The summed E-state index contributed by atoms with van der Waals surface area (Å²) in [6.45, 7) is 16.6. The summed E-state index contributed by atoms with van der Waals surface area (Å²) >= 11 is 0. The third kappa shape index (κ3) is 5.78. The van der Waals surface area contributed by atoms with Gasteiger partial charge in [0.2, 0.25) is 17.6 Å². The minimum absolute atomic E-state index is 0.0309.